The second-order valence-electron chi connectivity index (χ2n) is 5.76. The van der Waals surface area contributed by atoms with E-state index >= 15 is 0 Å². The molecule has 1 aliphatic heterocycles. The molecular formula is C23H30N2. The van der Waals surface area contributed by atoms with Crippen LogP contribution in [0.2, 0.25) is 0 Å². The third-order valence-electron chi connectivity index (χ3n) is 3.52. The fourth-order valence-electron chi connectivity index (χ4n) is 2.12. The van der Waals surface area contributed by atoms with Gasteiger partial charge in [0.25, 0.3) is 0 Å². The summed E-state index contributed by atoms with van der Waals surface area (Å²) in [6.45, 7) is 6.36. The van der Waals surface area contributed by atoms with E-state index in [0.717, 1.165) is 19.3 Å². The van der Waals surface area contributed by atoms with Crippen molar-refractivity contribution >= 4 is 6.21 Å². The van der Waals surface area contributed by atoms with Crippen LogP contribution in [0.15, 0.2) is 83.8 Å². The number of allylic oxidation sites excluding steroid dienone is 4. The Labute approximate surface area is 153 Å². The van der Waals surface area contributed by atoms with Gasteiger partial charge < -0.3 is 0 Å². The lowest BCUT2D eigenvalue weighted by molar-refractivity contribution is 0.890. The molecule has 2 nitrogen and oxygen atoms in total. The molecule has 0 saturated heterocycles. The minimum absolute atomic E-state index is 1.04. The van der Waals surface area contributed by atoms with Crippen LogP contribution >= 0.6 is 0 Å². The van der Waals surface area contributed by atoms with Crippen molar-refractivity contribution in [2.75, 3.05) is 0 Å². The lowest BCUT2D eigenvalue weighted by Gasteiger charge is -1.94. The quantitative estimate of drug-likeness (QED) is 0.643. The smallest absolute Gasteiger partial charge is 0.0366 e. The number of benzene rings is 1. The molecule has 1 aromatic heterocycles. The topological polar surface area (TPSA) is 25.2 Å². The van der Waals surface area contributed by atoms with E-state index in [2.05, 4.69) is 60.2 Å². The first-order valence-corrected chi connectivity index (χ1v) is 9.05. The van der Waals surface area contributed by atoms with Gasteiger partial charge in [-0.1, -0.05) is 68.8 Å². The fraction of sp³-hybridized carbons (Fsp3) is 0.304. The van der Waals surface area contributed by atoms with Crippen molar-refractivity contribution in [3.63, 3.8) is 0 Å². The van der Waals surface area contributed by atoms with Crippen LogP contribution in [0.4, 0.5) is 0 Å². The Bertz CT molecular complexity index is 640. The molecule has 3 rings (SSSR count). The fourth-order valence-corrected chi connectivity index (χ4v) is 2.12. The van der Waals surface area contributed by atoms with Crippen LogP contribution in [0, 0.1) is 6.92 Å². The first kappa shape index (κ1) is 20.6. The molecule has 0 saturated carbocycles. The molecule has 1 aliphatic rings. The summed E-state index contributed by atoms with van der Waals surface area (Å²) in [5.41, 5.74) is 3.85. The molecular weight excluding hydrogens is 304 g/mol. The average molecular weight is 335 g/mol. The van der Waals surface area contributed by atoms with Crippen molar-refractivity contribution in [1.29, 1.82) is 0 Å². The van der Waals surface area contributed by atoms with Gasteiger partial charge in [-0.05, 0) is 49.5 Å². The van der Waals surface area contributed by atoms with Gasteiger partial charge >= 0.3 is 0 Å². The molecule has 2 heteroatoms. The molecule has 25 heavy (non-hydrogen) atoms. The summed E-state index contributed by atoms with van der Waals surface area (Å²) in [7, 11) is 0. The maximum absolute atomic E-state index is 4.26. The lowest BCUT2D eigenvalue weighted by atomic mass is 10.2. The van der Waals surface area contributed by atoms with Gasteiger partial charge in [0.15, 0.2) is 0 Å². The second kappa shape index (κ2) is 13.9. The molecule has 0 radical (unpaired) electrons. The Morgan fingerprint density at radius 1 is 1.00 bits per heavy atom. The van der Waals surface area contributed by atoms with E-state index in [0.29, 0.717) is 0 Å². The molecule has 0 spiro atoms. The van der Waals surface area contributed by atoms with E-state index in [-0.39, 0.29) is 0 Å². The van der Waals surface area contributed by atoms with Gasteiger partial charge in [0, 0.05) is 24.3 Å². The summed E-state index contributed by atoms with van der Waals surface area (Å²) in [6.07, 6.45) is 16.2. The summed E-state index contributed by atoms with van der Waals surface area (Å²) in [5.74, 6) is 0. The summed E-state index contributed by atoms with van der Waals surface area (Å²) in [5, 5.41) is 0. The highest BCUT2D eigenvalue weighted by molar-refractivity contribution is 5.72. The van der Waals surface area contributed by atoms with E-state index in [1.807, 2.05) is 43.6 Å². The number of hydrogen-bond acceptors (Lipinski definition) is 2. The summed E-state index contributed by atoms with van der Waals surface area (Å²) < 4.78 is 0. The Morgan fingerprint density at radius 2 is 1.80 bits per heavy atom. The lowest BCUT2D eigenvalue weighted by Crippen LogP contribution is -1.76. The predicted molar refractivity (Wildman–Crippen MR) is 110 cm³/mol. The Balaban J connectivity index is 0.000000191. The van der Waals surface area contributed by atoms with E-state index in [1.165, 1.54) is 23.2 Å². The summed E-state index contributed by atoms with van der Waals surface area (Å²) in [6, 6.07) is 14.4. The number of aryl methyl sites for hydroxylation is 2. The largest absolute Gasteiger partial charge is 0.264 e. The Hall–Kier alpha value is -2.48. The first-order valence-electron chi connectivity index (χ1n) is 9.05. The second-order valence-corrected chi connectivity index (χ2v) is 5.76. The van der Waals surface area contributed by atoms with Crippen molar-refractivity contribution in [3.05, 3.63) is 89.9 Å². The van der Waals surface area contributed by atoms with Crippen LogP contribution in [0.3, 0.4) is 0 Å². The highest BCUT2D eigenvalue weighted by Crippen LogP contribution is 2.09. The number of rotatable bonds is 3. The maximum Gasteiger partial charge on any atom is 0.0366 e. The molecule has 0 aliphatic carbocycles. The van der Waals surface area contributed by atoms with E-state index in [9.17, 15) is 0 Å². The molecule has 132 valence electrons. The predicted octanol–water partition coefficient (Wildman–Crippen LogP) is 6.34. The maximum atomic E-state index is 4.26. The Morgan fingerprint density at radius 3 is 2.32 bits per heavy atom. The first-order chi connectivity index (χ1) is 12.3. The Kier molecular flexibility index (Phi) is 11.4. The van der Waals surface area contributed by atoms with Crippen LogP contribution in [0.1, 0.15) is 44.2 Å². The van der Waals surface area contributed by atoms with Crippen LogP contribution in [-0.4, -0.2) is 11.2 Å². The number of pyridine rings is 1. The van der Waals surface area contributed by atoms with Crippen molar-refractivity contribution in [2.24, 2.45) is 4.99 Å². The molecule has 0 bridgehead atoms. The third kappa shape index (κ3) is 10.8. The highest BCUT2D eigenvalue weighted by Gasteiger charge is 1.91. The van der Waals surface area contributed by atoms with Gasteiger partial charge in [-0.2, -0.15) is 0 Å². The van der Waals surface area contributed by atoms with Crippen LogP contribution in [0.25, 0.3) is 0 Å². The van der Waals surface area contributed by atoms with Gasteiger partial charge in [-0.15, -0.1) is 0 Å². The summed E-state index contributed by atoms with van der Waals surface area (Å²) in [4.78, 5) is 8.15. The number of hydrogen-bond donors (Lipinski definition) is 0. The van der Waals surface area contributed by atoms with E-state index in [4.69, 9.17) is 0 Å². The standard InChI is InChI=1S/C9H13N.C8H10.C6H7N/c1-2-6-9-7-4-3-5-8-10-9;1-2-8-6-4-3-5-7-8;1-6-3-2-4-7-5-6/h3,5,7-8H,2,4,6H2,1H3;3-7H,2H2,1H3;2-5H,1H3. The van der Waals surface area contributed by atoms with Gasteiger partial charge in [0.1, 0.15) is 0 Å². The minimum atomic E-state index is 1.04. The van der Waals surface area contributed by atoms with E-state index in [1.54, 1.807) is 6.20 Å². The molecule has 1 aromatic carbocycles. The minimum Gasteiger partial charge on any atom is -0.264 e. The van der Waals surface area contributed by atoms with Gasteiger partial charge in [-0.25, -0.2) is 0 Å². The van der Waals surface area contributed by atoms with Crippen molar-refractivity contribution in [1.82, 2.24) is 4.98 Å². The zero-order chi connectivity index (χ0) is 18.2. The molecule has 2 heterocycles. The van der Waals surface area contributed by atoms with Gasteiger partial charge in [-0.3, -0.25) is 9.98 Å². The number of nitrogens with zero attached hydrogens (tertiary/aromatic N) is 2. The molecule has 0 N–H and O–H groups in total. The summed E-state index contributed by atoms with van der Waals surface area (Å²) >= 11 is 0. The monoisotopic (exact) mass is 334 g/mol. The molecule has 0 atom stereocenters. The van der Waals surface area contributed by atoms with Crippen molar-refractivity contribution in [3.8, 4) is 0 Å². The highest BCUT2D eigenvalue weighted by atomic mass is 14.7. The van der Waals surface area contributed by atoms with Crippen LogP contribution in [-0.2, 0) is 6.42 Å². The average Bonchev–Trinajstić information content (AvgIpc) is 2.93. The van der Waals surface area contributed by atoms with Gasteiger partial charge in [0.05, 0.1) is 0 Å². The molecule has 0 unspecified atom stereocenters. The SMILES string of the molecule is CCCC1=CCC=CC=N1.CCc1ccccc1.Cc1cccnc1. The molecule has 2 aromatic rings. The molecule has 0 fully saturated rings. The zero-order valence-electron chi connectivity index (χ0n) is 15.7. The van der Waals surface area contributed by atoms with Gasteiger partial charge in [0.2, 0.25) is 0 Å². The van der Waals surface area contributed by atoms with Crippen molar-refractivity contribution in [2.45, 2.75) is 46.5 Å². The number of aromatic nitrogens is 1. The van der Waals surface area contributed by atoms with Crippen LogP contribution in [0.5, 0.6) is 0 Å². The molecule has 0 amide bonds. The third-order valence-corrected chi connectivity index (χ3v) is 3.52. The van der Waals surface area contributed by atoms with Crippen LogP contribution < -0.4 is 0 Å². The van der Waals surface area contributed by atoms with Crippen molar-refractivity contribution < 1.29 is 0 Å². The zero-order valence-corrected chi connectivity index (χ0v) is 15.7. The van der Waals surface area contributed by atoms with E-state index < -0.39 is 0 Å². The normalized spacial score (nSPS) is 12.0. The number of aliphatic imine (C=N–C) groups is 1.